The number of hydrogen-bond donors (Lipinski definition) is 0. The molecule has 0 saturated carbocycles. The average molecular weight is 211 g/mol. The van der Waals surface area contributed by atoms with Crippen molar-refractivity contribution < 1.29 is 0 Å². The Hall–Kier alpha value is -0.120. The maximum Gasteiger partial charge on any atom is 0.0236 e. The van der Waals surface area contributed by atoms with Crippen LogP contribution in [0.4, 0.5) is 0 Å². The van der Waals surface area contributed by atoms with E-state index in [4.69, 9.17) is 0 Å². The van der Waals surface area contributed by atoms with Crippen LogP contribution < -0.4 is 0 Å². The molecule has 0 radical (unpaired) electrons. The molecule has 2 heterocycles. The molecule has 0 N–H and O–H groups in total. The largest absolute Gasteiger partial charge is 0.302 e. The molecule has 2 fully saturated rings. The summed E-state index contributed by atoms with van der Waals surface area (Å²) in [5.41, 5.74) is 0. The van der Waals surface area contributed by atoms with Gasteiger partial charge in [0, 0.05) is 38.8 Å². The van der Waals surface area contributed by atoms with E-state index in [1.54, 1.807) is 0 Å². The Balaban J connectivity index is 1.76. The third kappa shape index (κ3) is 2.71. The van der Waals surface area contributed by atoms with Gasteiger partial charge in [-0.3, -0.25) is 4.90 Å². The van der Waals surface area contributed by atoms with E-state index in [2.05, 4.69) is 28.5 Å². The molecule has 3 heteroatoms. The Morgan fingerprint density at radius 3 is 2.07 bits per heavy atom. The summed E-state index contributed by atoms with van der Waals surface area (Å²) in [4.78, 5) is 7.85. The van der Waals surface area contributed by atoms with Crippen LogP contribution in [0.2, 0.25) is 0 Å². The molecule has 0 bridgehead atoms. The predicted octanol–water partition coefficient (Wildman–Crippen LogP) is 0.718. The number of hydrogen-bond acceptors (Lipinski definition) is 3. The molecule has 0 aromatic heterocycles. The molecule has 1 atom stereocenters. The van der Waals surface area contributed by atoms with Crippen molar-refractivity contribution in [2.75, 3.05) is 52.4 Å². The van der Waals surface area contributed by atoms with Crippen LogP contribution in [0.1, 0.15) is 20.3 Å². The van der Waals surface area contributed by atoms with Gasteiger partial charge in [-0.2, -0.15) is 0 Å². The van der Waals surface area contributed by atoms with Gasteiger partial charge in [0.1, 0.15) is 0 Å². The van der Waals surface area contributed by atoms with Crippen molar-refractivity contribution in [2.24, 2.45) is 0 Å². The van der Waals surface area contributed by atoms with Gasteiger partial charge in [0.05, 0.1) is 0 Å². The zero-order chi connectivity index (χ0) is 10.7. The predicted molar refractivity (Wildman–Crippen MR) is 64.2 cm³/mol. The number of likely N-dealkylation sites (tertiary alicyclic amines) is 1. The second-order valence-corrected chi connectivity index (χ2v) is 4.81. The Kier molecular flexibility index (Phi) is 4.00. The molecule has 2 saturated heterocycles. The first-order valence-corrected chi connectivity index (χ1v) is 6.52. The quantitative estimate of drug-likeness (QED) is 0.681. The molecule has 0 unspecified atom stereocenters. The molecule has 2 aliphatic heterocycles. The lowest BCUT2D eigenvalue weighted by Gasteiger charge is -2.37. The third-order valence-electron chi connectivity index (χ3n) is 4.07. The third-order valence-corrected chi connectivity index (χ3v) is 4.07. The number of nitrogens with zero attached hydrogens (tertiary/aromatic N) is 3. The van der Waals surface area contributed by atoms with Gasteiger partial charge in [0.2, 0.25) is 0 Å². The second-order valence-electron chi connectivity index (χ2n) is 4.81. The summed E-state index contributed by atoms with van der Waals surface area (Å²) in [5, 5.41) is 0. The first kappa shape index (κ1) is 11.4. The molecule has 0 aromatic rings. The second kappa shape index (κ2) is 5.28. The molecule has 0 aromatic carbocycles. The summed E-state index contributed by atoms with van der Waals surface area (Å²) in [6, 6.07) is 0.851. The molecule has 0 spiro atoms. The van der Waals surface area contributed by atoms with Crippen molar-refractivity contribution in [1.29, 1.82) is 0 Å². The van der Waals surface area contributed by atoms with Gasteiger partial charge in [-0.25, -0.2) is 0 Å². The standard InChI is InChI=1S/C12H25N3/c1-3-13-7-9-15(10-8-13)12-5-6-14(4-2)11-12/h12H,3-11H2,1-2H3/t12-/m1/s1. The highest BCUT2D eigenvalue weighted by molar-refractivity contribution is 4.85. The van der Waals surface area contributed by atoms with E-state index in [0.29, 0.717) is 0 Å². The summed E-state index contributed by atoms with van der Waals surface area (Å²) in [6.45, 7) is 14.7. The zero-order valence-corrected chi connectivity index (χ0v) is 10.3. The van der Waals surface area contributed by atoms with E-state index in [9.17, 15) is 0 Å². The van der Waals surface area contributed by atoms with E-state index in [-0.39, 0.29) is 0 Å². The lowest BCUT2D eigenvalue weighted by molar-refractivity contribution is 0.101. The van der Waals surface area contributed by atoms with Crippen LogP contribution in [0.5, 0.6) is 0 Å². The van der Waals surface area contributed by atoms with Gasteiger partial charge in [0.15, 0.2) is 0 Å². The minimum atomic E-state index is 0.851. The van der Waals surface area contributed by atoms with Crippen molar-refractivity contribution >= 4 is 0 Å². The SMILES string of the molecule is CCN1CCN([C@@H]2CCN(CC)C2)CC1. The molecule has 2 aliphatic rings. The molecule has 3 nitrogen and oxygen atoms in total. The van der Waals surface area contributed by atoms with Gasteiger partial charge < -0.3 is 9.80 Å². The smallest absolute Gasteiger partial charge is 0.0236 e. The fraction of sp³-hybridized carbons (Fsp3) is 1.00. The van der Waals surface area contributed by atoms with E-state index in [1.807, 2.05) is 0 Å². The molecule has 0 aliphatic carbocycles. The molecular weight excluding hydrogens is 186 g/mol. The summed E-state index contributed by atoms with van der Waals surface area (Å²) in [6.07, 6.45) is 1.39. The van der Waals surface area contributed by atoms with E-state index >= 15 is 0 Å². The highest BCUT2D eigenvalue weighted by Crippen LogP contribution is 2.16. The first-order valence-electron chi connectivity index (χ1n) is 6.52. The highest BCUT2D eigenvalue weighted by atomic mass is 15.3. The molecular formula is C12H25N3. The molecule has 2 rings (SSSR count). The summed E-state index contributed by atoms with van der Waals surface area (Å²) in [5.74, 6) is 0. The normalized spacial score (nSPS) is 31.2. The van der Waals surface area contributed by atoms with Crippen molar-refractivity contribution in [2.45, 2.75) is 26.3 Å². The Morgan fingerprint density at radius 1 is 0.867 bits per heavy atom. The highest BCUT2D eigenvalue weighted by Gasteiger charge is 2.28. The average Bonchev–Trinajstić information content (AvgIpc) is 2.78. The zero-order valence-electron chi connectivity index (χ0n) is 10.3. The van der Waals surface area contributed by atoms with Crippen molar-refractivity contribution in [3.8, 4) is 0 Å². The van der Waals surface area contributed by atoms with Gasteiger partial charge in [0.25, 0.3) is 0 Å². The monoisotopic (exact) mass is 211 g/mol. The van der Waals surface area contributed by atoms with Gasteiger partial charge in [-0.15, -0.1) is 0 Å². The van der Waals surface area contributed by atoms with Crippen molar-refractivity contribution in [1.82, 2.24) is 14.7 Å². The summed E-state index contributed by atoms with van der Waals surface area (Å²) >= 11 is 0. The first-order chi connectivity index (χ1) is 7.33. The van der Waals surface area contributed by atoms with Crippen LogP contribution in [0.15, 0.2) is 0 Å². The number of likely N-dealkylation sites (N-methyl/N-ethyl adjacent to an activating group) is 2. The molecule has 88 valence electrons. The van der Waals surface area contributed by atoms with Crippen molar-refractivity contribution in [3.05, 3.63) is 0 Å². The van der Waals surface area contributed by atoms with Crippen LogP contribution in [-0.4, -0.2) is 73.1 Å². The molecule has 15 heavy (non-hydrogen) atoms. The maximum atomic E-state index is 2.71. The van der Waals surface area contributed by atoms with Crippen molar-refractivity contribution in [3.63, 3.8) is 0 Å². The van der Waals surface area contributed by atoms with E-state index in [1.165, 1.54) is 58.8 Å². The van der Waals surface area contributed by atoms with Crippen LogP contribution in [0.25, 0.3) is 0 Å². The lowest BCUT2D eigenvalue weighted by atomic mass is 10.2. The lowest BCUT2D eigenvalue weighted by Crippen LogP contribution is -2.50. The topological polar surface area (TPSA) is 9.72 Å². The fourth-order valence-corrected chi connectivity index (χ4v) is 2.84. The fourth-order valence-electron chi connectivity index (χ4n) is 2.84. The van der Waals surface area contributed by atoms with Crippen LogP contribution in [0, 0.1) is 0 Å². The van der Waals surface area contributed by atoms with E-state index < -0.39 is 0 Å². The van der Waals surface area contributed by atoms with Crippen LogP contribution in [0.3, 0.4) is 0 Å². The Bertz CT molecular complexity index is 187. The van der Waals surface area contributed by atoms with Gasteiger partial charge >= 0.3 is 0 Å². The summed E-state index contributed by atoms with van der Waals surface area (Å²) in [7, 11) is 0. The Morgan fingerprint density at radius 2 is 1.53 bits per heavy atom. The maximum absolute atomic E-state index is 2.71. The van der Waals surface area contributed by atoms with Crippen LogP contribution in [-0.2, 0) is 0 Å². The number of rotatable bonds is 3. The minimum Gasteiger partial charge on any atom is -0.302 e. The minimum absolute atomic E-state index is 0.851. The molecule has 0 amide bonds. The van der Waals surface area contributed by atoms with E-state index in [0.717, 1.165) is 6.04 Å². The van der Waals surface area contributed by atoms with Gasteiger partial charge in [-0.05, 0) is 26.1 Å². The van der Waals surface area contributed by atoms with Gasteiger partial charge in [-0.1, -0.05) is 13.8 Å². The summed E-state index contributed by atoms with van der Waals surface area (Å²) < 4.78 is 0. The van der Waals surface area contributed by atoms with Crippen LogP contribution >= 0.6 is 0 Å². The number of piperazine rings is 1. The Labute approximate surface area is 94.0 Å².